The van der Waals surface area contributed by atoms with Crippen LogP contribution < -0.4 is 10.6 Å². The number of thiophene rings is 1. The molecule has 28 heavy (non-hydrogen) atoms. The van der Waals surface area contributed by atoms with Gasteiger partial charge in [0.05, 0.1) is 17.2 Å². The third-order valence-corrected chi connectivity index (χ3v) is 4.43. The third-order valence-electron chi connectivity index (χ3n) is 3.56. The highest BCUT2D eigenvalue weighted by Gasteiger charge is 2.19. The summed E-state index contributed by atoms with van der Waals surface area (Å²) in [5.74, 6) is -0.529. The van der Waals surface area contributed by atoms with E-state index in [0.717, 1.165) is 4.88 Å². The Bertz CT molecular complexity index is 958. The van der Waals surface area contributed by atoms with Crippen molar-refractivity contribution < 1.29 is 18.7 Å². The Hall–Kier alpha value is -3.27. The summed E-state index contributed by atoms with van der Waals surface area (Å²) in [6, 6.07) is 9.58. The average molecular weight is 403 g/mol. The van der Waals surface area contributed by atoms with Crippen molar-refractivity contribution in [2.75, 3.05) is 19.7 Å². The second kappa shape index (κ2) is 9.09. The summed E-state index contributed by atoms with van der Waals surface area (Å²) in [6.45, 7) is 2.35. The molecule has 10 heteroatoms. The van der Waals surface area contributed by atoms with Gasteiger partial charge < -0.3 is 15.4 Å². The largest absolute Gasteiger partial charge is 0.450 e. The number of hydrogen-bond donors (Lipinski definition) is 2. The van der Waals surface area contributed by atoms with Gasteiger partial charge in [0.2, 0.25) is 5.82 Å². The van der Waals surface area contributed by atoms with Gasteiger partial charge in [-0.15, -0.1) is 16.4 Å². The fraction of sp³-hybridized carbons (Fsp3) is 0.222. The number of halogens is 1. The summed E-state index contributed by atoms with van der Waals surface area (Å²) < 4.78 is 19.8. The molecule has 2 N–H and O–H groups in total. The molecule has 0 saturated heterocycles. The molecule has 0 radical (unpaired) electrons. The Kier molecular flexibility index (Phi) is 6.33. The molecule has 0 saturated carbocycles. The minimum Gasteiger partial charge on any atom is -0.450 e. The second-order valence-corrected chi connectivity index (χ2v) is 6.48. The molecule has 0 atom stereocenters. The van der Waals surface area contributed by atoms with E-state index in [9.17, 15) is 14.0 Å². The van der Waals surface area contributed by atoms with E-state index in [1.807, 2.05) is 17.5 Å². The standard InChI is InChI=1S/C18H18FN5O3S/c1-2-27-18(26)21-9-8-20-17(25)15-22-16(14-7-4-10-28-14)24(23-15)13-6-3-5-12(19)11-13/h3-7,10-11H,2,8-9H2,1H3,(H,20,25)(H,21,26). The number of rotatable bonds is 7. The molecule has 2 amide bonds. The quantitative estimate of drug-likeness (QED) is 0.591. The van der Waals surface area contributed by atoms with Crippen LogP contribution in [-0.4, -0.2) is 46.5 Å². The zero-order valence-electron chi connectivity index (χ0n) is 15.0. The van der Waals surface area contributed by atoms with Crippen molar-refractivity contribution in [2.24, 2.45) is 0 Å². The Labute approximate surface area is 164 Å². The monoisotopic (exact) mass is 403 g/mol. The number of alkyl carbamates (subject to hydrolysis) is 1. The fourth-order valence-corrected chi connectivity index (χ4v) is 3.06. The molecule has 0 aliphatic carbocycles. The van der Waals surface area contributed by atoms with Crippen molar-refractivity contribution in [1.29, 1.82) is 0 Å². The van der Waals surface area contributed by atoms with Crippen LogP contribution in [0.1, 0.15) is 17.5 Å². The first-order chi connectivity index (χ1) is 13.6. The first-order valence-corrected chi connectivity index (χ1v) is 9.42. The van der Waals surface area contributed by atoms with Crippen LogP contribution in [0.25, 0.3) is 16.4 Å². The maximum absolute atomic E-state index is 13.6. The Balaban J connectivity index is 1.76. The van der Waals surface area contributed by atoms with Crippen LogP contribution in [0.4, 0.5) is 9.18 Å². The molecule has 2 aromatic heterocycles. The lowest BCUT2D eigenvalue weighted by molar-refractivity contribution is 0.0942. The summed E-state index contributed by atoms with van der Waals surface area (Å²) in [5, 5.41) is 11.2. The molecule has 1 aromatic carbocycles. The van der Waals surface area contributed by atoms with Crippen LogP contribution in [0.5, 0.6) is 0 Å². The van der Waals surface area contributed by atoms with Gasteiger partial charge in [0.25, 0.3) is 5.91 Å². The van der Waals surface area contributed by atoms with Gasteiger partial charge in [0.1, 0.15) is 5.82 Å². The van der Waals surface area contributed by atoms with E-state index in [0.29, 0.717) is 11.5 Å². The molecule has 0 fully saturated rings. The Morgan fingerprint density at radius 2 is 2.04 bits per heavy atom. The van der Waals surface area contributed by atoms with Gasteiger partial charge in [0, 0.05) is 13.1 Å². The first-order valence-electron chi connectivity index (χ1n) is 8.54. The molecule has 3 aromatic rings. The Morgan fingerprint density at radius 3 is 2.75 bits per heavy atom. The number of nitrogens with zero attached hydrogens (tertiary/aromatic N) is 3. The number of aromatic nitrogens is 3. The zero-order chi connectivity index (χ0) is 19.9. The summed E-state index contributed by atoms with van der Waals surface area (Å²) in [4.78, 5) is 28.7. The fourth-order valence-electron chi connectivity index (χ4n) is 2.36. The number of nitrogens with one attached hydrogen (secondary N) is 2. The summed E-state index contributed by atoms with van der Waals surface area (Å²) >= 11 is 1.43. The number of benzene rings is 1. The van der Waals surface area contributed by atoms with Gasteiger partial charge in [0.15, 0.2) is 5.82 Å². The van der Waals surface area contributed by atoms with Gasteiger partial charge in [-0.05, 0) is 36.6 Å². The second-order valence-electron chi connectivity index (χ2n) is 5.53. The van der Waals surface area contributed by atoms with E-state index in [4.69, 9.17) is 4.74 Å². The van der Waals surface area contributed by atoms with Crippen LogP contribution in [0.3, 0.4) is 0 Å². The number of carbonyl (C=O) groups is 2. The molecule has 0 aliphatic rings. The van der Waals surface area contributed by atoms with Gasteiger partial charge in [-0.25, -0.2) is 18.9 Å². The van der Waals surface area contributed by atoms with Crippen LogP contribution >= 0.6 is 11.3 Å². The molecular weight excluding hydrogens is 385 g/mol. The molecule has 0 aliphatic heterocycles. The van der Waals surface area contributed by atoms with Gasteiger partial charge in [-0.1, -0.05) is 12.1 Å². The highest BCUT2D eigenvalue weighted by atomic mass is 32.1. The molecular formula is C18H18FN5O3S. The number of carbonyl (C=O) groups excluding carboxylic acids is 2. The van der Waals surface area contributed by atoms with Crippen molar-refractivity contribution in [3.8, 4) is 16.4 Å². The number of amides is 2. The van der Waals surface area contributed by atoms with Crippen molar-refractivity contribution in [3.05, 3.63) is 53.4 Å². The minimum atomic E-state index is -0.551. The van der Waals surface area contributed by atoms with Crippen molar-refractivity contribution in [2.45, 2.75) is 6.92 Å². The van der Waals surface area contributed by atoms with E-state index >= 15 is 0 Å². The Morgan fingerprint density at radius 1 is 1.21 bits per heavy atom. The van der Waals surface area contributed by atoms with Crippen LogP contribution in [0.2, 0.25) is 0 Å². The lowest BCUT2D eigenvalue weighted by Gasteiger charge is -2.05. The van der Waals surface area contributed by atoms with E-state index in [2.05, 4.69) is 20.7 Å². The molecule has 3 rings (SSSR count). The minimum absolute atomic E-state index is 0.0520. The summed E-state index contributed by atoms with van der Waals surface area (Å²) in [5.41, 5.74) is 0.457. The normalized spacial score (nSPS) is 10.5. The highest BCUT2D eigenvalue weighted by Crippen LogP contribution is 2.25. The highest BCUT2D eigenvalue weighted by molar-refractivity contribution is 7.13. The maximum atomic E-state index is 13.6. The SMILES string of the molecule is CCOC(=O)NCCNC(=O)c1nc(-c2cccs2)n(-c2cccc(F)c2)n1. The first kappa shape index (κ1) is 19.5. The van der Waals surface area contributed by atoms with E-state index in [1.165, 1.54) is 28.2 Å². The molecule has 8 nitrogen and oxygen atoms in total. The maximum Gasteiger partial charge on any atom is 0.407 e. The third kappa shape index (κ3) is 4.71. The number of ether oxygens (including phenoxy) is 1. The summed E-state index contributed by atoms with van der Waals surface area (Å²) in [7, 11) is 0. The molecule has 0 bridgehead atoms. The van der Waals surface area contributed by atoms with Crippen LogP contribution in [-0.2, 0) is 4.74 Å². The number of hydrogen-bond acceptors (Lipinski definition) is 6. The van der Waals surface area contributed by atoms with Crippen LogP contribution in [0.15, 0.2) is 41.8 Å². The molecule has 146 valence electrons. The summed E-state index contributed by atoms with van der Waals surface area (Å²) in [6.07, 6.45) is -0.551. The van der Waals surface area contributed by atoms with Gasteiger partial charge in [-0.3, -0.25) is 4.79 Å². The molecule has 0 unspecified atom stereocenters. The van der Waals surface area contributed by atoms with E-state index in [-0.39, 0.29) is 25.5 Å². The lowest BCUT2D eigenvalue weighted by atomic mass is 10.3. The van der Waals surface area contributed by atoms with Gasteiger partial charge >= 0.3 is 6.09 Å². The van der Waals surface area contributed by atoms with E-state index in [1.54, 1.807) is 19.1 Å². The predicted molar refractivity (Wildman–Crippen MR) is 102 cm³/mol. The van der Waals surface area contributed by atoms with Crippen LogP contribution in [0, 0.1) is 5.82 Å². The zero-order valence-corrected chi connectivity index (χ0v) is 15.8. The van der Waals surface area contributed by atoms with Crippen molar-refractivity contribution in [1.82, 2.24) is 25.4 Å². The van der Waals surface area contributed by atoms with Crippen molar-refractivity contribution >= 4 is 23.3 Å². The lowest BCUT2D eigenvalue weighted by Crippen LogP contribution is -2.35. The smallest absolute Gasteiger partial charge is 0.407 e. The van der Waals surface area contributed by atoms with Crippen molar-refractivity contribution in [3.63, 3.8) is 0 Å². The van der Waals surface area contributed by atoms with Gasteiger partial charge in [-0.2, -0.15) is 0 Å². The van der Waals surface area contributed by atoms with E-state index < -0.39 is 17.8 Å². The molecule has 0 spiro atoms. The topological polar surface area (TPSA) is 98.1 Å². The predicted octanol–water partition coefficient (Wildman–Crippen LogP) is 2.61. The average Bonchev–Trinajstić information content (AvgIpc) is 3.34. The molecule has 2 heterocycles.